The average Bonchev–Trinajstić information content (AvgIpc) is 2.38. The number of nitrogens with two attached hydrogens (primary N) is 1. The van der Waals surface area contributed by atoms with Crippen molar-refractivity contribution in [3.05, 3.63) is 23.2 Å². The molecule has 1 amide bonds. The number of hydrogen-bond donors (Lipinski definition) is 3. The molecule has 4 N–H and O–H groups in total. The minimum absolute atomic E-state index is 0.186. The van der Waals surface area contributed by atoms with Crippen LogP contribution in [0.5, 0.6) is 0 Å². The van der Waals surface area contributed by atoms with Crippen molar-refractivity contribution >= 4 is 38.9 Å². The Morgan fingerprint density at radius 3 is 2.67 bits per heavy atom. The van der Waals surface area contributed by atoms with Crippen LogP contribution in [0.1, 0.15) is 19.8 Å². The first-order valence-electron chi connectivity index (χ1n) is 6.48. The van der Waals surface area contributed by atoms with Gasteiger partial charge >= 0.3 is 0 Å². The number of anilines is 2. The zero-order valence-electron chi connectivity index (χ0n) is 12.0. The molecule has 0 aliphatic heterocycles. The van der Waals surface area contributed by atoms with Crippen molar-refractivity contribution in [3.63, 3.8) is 0 Å². The third kappa shape index (κ3) is 6.79. The molecule has 1 unspecified atom stereocenters. The molecule has 1 aromatic rings. The fraction of sp³-hybridized carbons (Fsp3) is 0.462. The molecule has 0 aromatic heterocycles. The summed E-state index contributed by atoms with van der Waals surface area (Å²) < 4.78 is 24.7. The number of halogens is 1. The smallest absolute Gasteiger partial charge is 0.229 e. The Hall–Kier alpha value is -1.31. The summed E-state index contributed by atoms with van der Waals surface area (Å²) >= 11 is 5.99. The zero-order chi connectivity index (χ0) is 16.0. The van der Waals surface area contributed by atoms with Crippen LogP contribution in [0.25, 0.3) is 0 Å². The number of carbonyl (C=O) groups is 1. The Morgan fingerprint density at radius 2 is 2.10 bits per heavy atom. The van der Waals surface area contributed by atoms with Gasteiger partial charge in [-0.1, -0.05) is 18.5 Å². The van der Waals surface area contributed by atoms with E-state index in [1.165, 1.54) is 18.2 Å². The lowest BCUT2D eigenvalue weighted by molar-refractivity contribution is -0.116. The highest BCUT2D eigenvalue weighted by molar-refractivity contribution is 7.92. The summed E-state index contributed by atoms with van der Waals surface area (Å²) in [5, 5.41) is 3.01. The standard InChI is InChI=1S/C13H20ClN3O3S/c1-9(8-15)3-6-13(18)16-12-7-10(4-5-11(12)14)17-21(2,19)20/h4-5,7,9,17H,3,6,8,15H2,1-2H3,(H,16,18). The topological polar surface area (TPSA) is 101 Å². The second-order valence-corrected chi connectivity index (χ2v) is 7.15. The first-order chi connectivity index (χ1) is 9.71. The van der Waals surface area contributed by atoms with Gasteiger partial charge in [-0.15, -0.1) is 0 Å². The van der Waals surface area contributed by atoms with E-state index in [2.05, 4.69) is 10.0 Å². The SMILES string of the molecule is CC(CN)CCC(=O)Nc1cc(NS(C)(=O)=O)ccc1Cl. The number of sulfonamides is 1. The van der Waals surface area contributed by atoms with Crippen molar-refractivity contribution < 1.29 is 13.2 Å². The lowest BCUT2D eigenvalue weighted by Crippen LogP contribution is -2.17. The molecule has 0 fully saturated rings. The molecule has 1 rings (SSSR count). The number of benzene rings is 1. The van der Waals surface area contributed by atoms with Crippen LogP contribution in [0.2, 0.25) is 5.02 Å². The molecule has 21 heavy (non-hydrogen) atoms. The highest BCUT2D eigenvalue weighted by atomic mass is 35.5. The van der Waals surface area contributed by atoms with Gasteiger partial charge < -0.3 is 11.1 Å². The molecule has 1 atom stereocenters. The van der Waals surface area contributed by atoms with Gasteiger partial charge in [0.25, 0.3) is 0 Å². The van der Waals surface area contributed by atoms with Crippen LogP contribution in [0.4, 0.5) is 11.4 Å². The summed E-state index contributed by atoms with van der Waals surface area (Å²) in [5.41, 5.74) is 6.21. The molecule has 118 valence electrons. The largest absolute Gasteiger partial charge is 0.330 e. The minimum Gasteiger partial charge on any atom is -0.330 e. The van der Waals surface area contributed by atoms with Crippen LogP contribution in [-0.2, 0) is 14.8 Å². The summed E-state index contributed by atoms with van der Waals surface area (Å²) in [6.45, 7) is 2.50. The van der Waals surface area contributed by atoms with E-state index < -0.39 is 10.0 Å². The van der Waals surface area contributed by atoms with Gasteiger partial charge in [0.2, 0.25) is 15.9 Å². The molecule has 0 aliphatic rings. The highest BCUT2D eigenvalue weighted by Gasteiger charge is 2.10. The summed E-state index contributed by atoms with van der Waals surface area (Å²) in [5.74, 6) is 0.0816. The van der Waals surface area contributed by atoms with E-state index in [4.69, 9.17) is 17.3 Å². The Kier molecular flexibility index (Phi) is 6.44. The van der Waals surface area contributed by atoms with Gasteiger partial charge in [-0.2, -0.15) is 0 Å². The van der Waals surface area contributed by atoms with Crippen molar-refractivity contribution in [3.8, 4) is 0 Å². The maximum absolute atomic E-state index is 11.8. The van der Waals surface area contributed by atoms with Gasteiger partial charge in [-0.05, 0) is 37.1 Å². The highest BCUT2D eigenvalue weighted by Crippen LogP contribution is 2.26. The van der Waals surface area contributed by atoms with Gasteiger partial charge in [0, 0.05) is 6.42 Å². The Morgan fingerprint density at radius 1 is 1.43 bits per heavy atom. The molecule has 0 saturated carbocycles. The monoisotopic (exact) mass is 333 g/mol. The van der Waals surface area contributed by atoms with E-state index in [9.17, 15) is 13.2 Å². The van der Waals surface area contributed by atoms with Crippen LogP contribution >= 0.6 is 11.6 Å². The van der Waals surface area contributed by atoms with Crippen molar-refractivity contribution in [2.45, 2.75) is 19.8 Å². The zero-order valence-corrected chi connectivity index (χ0v) is 13.6. The lowest BCUT2D eigenvalue weighted by Gasteiger charge is -2.11. The van der Waals surface area contributed by atoms with Gasteiger partial charge in [0.05, 0.1) is 22.7 Å². The predicted molar refractivity (Wildman–Crippen MR) is 86.0 cm³/mol. The van der Waals surface area contributed by atoms with E-state index in [1.807, 2.05) is 6.92 Å². The summed E-state index contributed by atoms with van der Waals surface area (Å²) in [7, 11) is -3.38. The van der Waals surface area contributed by atoms with Gasteiger partial charge in [-0.25, -0.2) is 8.42 Å². The molecule has 8 heteroatoms. The third-order valence-corrected chi connectivity index (χ3v) is 3.75. The van der Waals surface area contributed by atoms with Crippen LogP contribution in [0.15, 0.2) is 18.2 Å². The maximum atomic E-state index is 11.8. The van der Waals surface area contributed by atoms with Gasteiger partial charge in [-0.3, -0.25) is 9.52 Å². The Bertz CT molecular complexity index is 605. The van der Waals surface area contributed by atoms with Crippen LogP contribution in [-0.4, -0.2) is 27.1 Å². The Balaban J connectivity index is 2.74. The molecule has 0 spiro atoms. The van der Waals surface area contributed by atoms with E-state index in [0.29, 0.717) is 35.8 Å². The number of rotatable bonds is 7. The van der Waals surface area contributed by atoms with Crippen molar-refractivity contribution in [1.82, 2.24) is 0 Å². The second-order valence-electron chi connectivity index (χ2n) is 5.00. The molecule has 0 saturated heterocycles. The quantitative estimate of drug-likeness (QED) is 0.710. The average molecular weight is 334 g/mol. The van der Waals surface area contributed by atoms with E-state index in [-0.39, 0.29) is 11.8 Å². The lowest BCUT2D eigenvalue weighted by atomic mass is 10.1. The normalized spacial score (nSPS) is 12.8. The molecule has 6 nitrogen and oxygen atoms in total. The van der Waals surface area contributed by atoms with E-state index in [0.717, 1.165) is 6.26 Å². The number of amides is 1. The Labute approximate surface area is 130 Å². The molecule has 0 heterocycles. The molecular formula is C13H20ClN3O3S. The first kappa shape index (κ1) is 17.7. The minimum atomic E-state index is -3.38. The van der Waals surface area contributed by atoms with E-state index in [1.54, 1.807) is 0 Å². The van der Waals surface area contributed by atoms with Crippen molar-refractivity contribution in [2.75, 3.05) is 22.8 Å². The third-order valence-electron chi connectivity index (χ3n) is 2.81. The van der Waals surface area contributed by atoms with Crippen LogP contribution < -0.4 is 15.8 Å². The number of hydrogen-bond acceptors (Lipinski definition) is 4. The van der Waals surface area contributed by atoms with Crippen LogP contribution in [0, 0.1) is 5.92 Å². The number of nitrogens with one attached hydrogen (secondary N) is 2. The first-order valence-corrected chi connectivity index (χ1v) is 8.75. The fourth-order valence-electron chi connectivity index (χ4n) is 1.61. The molecule has 0 aliphatic carbocycles. The van der Waals surface area contributed by atoms with Crippen molar-refractivity contribution in [1.29, 1.82) is 0 Å². The summed E-state index contributed by atoms with van der Waals surface area (Å²) in [6.07, 6.45) is 2.06. The fourth-order valence-corrected chi connectivity index (χ4v) is 2.33. The predicted octanol–water partition coefficient (Wildman–Crippen LogP) is 2.02. The summed E-state index contributed by atoms with van der Waals surface area (Å²) in [6, 6.07) is 4.52. The maximum Gasteiger partial charge on any atom is 0.229 e. The molecule has 0 bridgehead atoms. The summed E-state index contributed by atoms with van der Waals surface area (Å²) in [4.78, 5) is 11.8. The second kappa shape index (κ2) is 7.63. The number of carbonyl (C=O) groups excluding carboxylic acids is 1. The van der Waals surface area contributed by atoms with Crippen LogP contribution in [0.3, 0.4) is 0 Å². The molecule has 0 radical (unpaired) electrons. The van der Waals surface area contributed by atoms with E-state index >= 15 is 0 Å². The molecular weight excluding hydrogens is 314 g/mol. The van der Waals surface area contributed by atoms with Gasteiger partial charge in [0.15, 0.2) is 0 Å². The van der Waals surface area contributed by atoms with Gasteiger partial charge in [0.1, 0.15) is 0 Å². The van der Waals surface area contributed by atoms with Crippen molar-refractivity contribution in [2.24, 2.45) is 11.7 Å². The molecule has 1 aromatic carbocycles.